The zero-order valence-electron chi connectivity index (χ0n) is 15.9. The average Bonchev–Trinajstić information content (AvgIpc) is 3.06. The minimum absolute atomic E-state index is 0.623. The van der Waals surface area contributed by atoms with E-state index in [1.165, 1.54) is 11.3 Å². The molecule has 0 amide bonds. The maximum atomic E-state index is 5.83. The fourth-order valence-electron chi connectivity index (χ4n) is 3.66. The first-order valence-corrected chi connectivity index (χ1v) is 9.85. The monoisotopic (exact) mass is 365 g/mol. The fourth-order valence-corrected chi connectivity index (χ4v) is 3.66. The summed E-state index contributed by atoms with van der Waals surface area (Å²) in [4.78, 5) is 7.13. The van der Waals surface area contributed by atoms with Crippen LogP contribution in [0, 0.1) is 0 Å². The Kier molecular flexibility index (Phi) is 5.58. The Labute approximate surface area is 160 Å². The van der Waals surface area contributed by atoms with Crippen LogP contribution in [0.15, 0.2) is 48.5 Å². The van der Waals surface area contributed by atoms with Crippen molar-refractivity contribution in [3.05, 3.63) is 54.1 Å². The second-order valence-electron chi connectivity index (χ2n) is 6.84. The van der Waals surface area contributed by atoms with E-state index in [-0.39, 0.29) is 0 Å². The number of aromatic nitrogens is 2. The fraction of sp³-hybridized carbons (Fsp3) is 0.409. The summed E-state index contributed by atoms with van der Waals surface area (Å²) in [5.74, 6) is 0. The third-order valence-corrected chi connectivity index (χ3v) is 5.04. The molecule has 5 heteroatoms. The molecule has 27 heavy (non-hydrogen) atoms. The van der Waals surface area contributed by atoms with Gasteiger partial charge in [-0.3, -0.25) is 4.57 Å². The molecule has 1 saturated heterocycles. The Morgan fingerprint density at radius 3 is 2.67 bits per heavy atom. The van der Waals surface area contributed by atoms with Gasteiger partial charge in [0.05, 0.1) is 30.9 Å². The zero-order valence-corrected chi connectivity index (χ0v) is 15.9. The highest BCUT2D eigenvalue weighted by Gasteiger charge is 2.16. The number of nitrogens with zero attached hydrogens (tertiary/aromatic N) is 3. The molecule has 0 bridgehead atoms. The molecule has 5 nitrogen and oxygen atoms in total. The summed E-state index contributed by atoms with van der Waals surface area (Å²) in [7, 11) is 0. The van der Waals surface area contributed by atoms with E-state index in [2.05, 4.69) is 58.0 Å². The van der Waals surface area contributed by atoms with Gasteiger partial charge in [0, 0.05) is 25.3 Å². The first-order chi connectivity index (χ1) is 13.3. The van der Waals surface area contributed by atoms with Crippen LogP contribution in [0.4, 0.5) is 5.69 Å². The van der Waals surface area contributed by atoms with E-state index in [1.54, 1.807) is 0 Å². The molecular weight excluding hydrogens is 338 g/mol. The summed E-state index contributed by atoms with van der Waals surface area (Å²) in [5, 5.41) is 0. The Hall–Kier alpha value is -2.53. The number of hydrogen-bond acceptors (Lipinski definition) is 4. The van der Waals surface area contributed by atoms with E-state index in [4.69, 9.17) is 14.5 Å². The van der Waals surface area contributed by atoms with Gasteiger partial charge in [0.15, 0.2) is 0 Å². The molecular formula is C22H27N3O2. The lowest BCUT2D eigenvalue weighted by Crippen LogP contribution is -2.36. The van der Waals surface area contributed by atoms with Crippen LogP contribution in [0.25, 0.3) is 11.0 Å². The lowest BCUT2D eigenvalue weighted by molar-refractivity contribution is 0.122. The predicted molar refractivity (Wildman–Crippen MR) is 109 cm³/mol. The standard InChI is InChI=1S/C22H27N3O2/c1-2-27-22-23-20-17-19(24-13-15-26-16-14-24)10-11-21(20)25(22)12-6-9-18-7-4-3-5-8-18/h3-5,7-8,10-11,17H,2,6,9,12-16H2,1H3. The lowest BCUT2D eigenvalue weighted by Gasteiger charge is -2.28. The first kappa shape index (κ1) is 17.9. The molecule has 1 aromatic heterocycles. The van der Waals surface area contributed by atoms with Gasteiger partial charge in [-0.25, -0.2) is 0 Å². The van der Waals surface area contributed by atoms with Crippen LogP contribution in [0.3, 0.4) is 0 Å². The van der Waals surface area contributed by atoms with Crippen molar-refractivity contribution in [2.75, 3.05) is 37.8 Å². The molecule has 0 saturated carbocycles. The number of hydrogen-bond donors (Lipinski definition) is 0. The van der Waals surface area contributed by atoms with Crippen molar-refractivity contribution in [1.82, 2.24) is 9.55 Å². The molecule has 1 aliphatic heterocycles. The highest BCUT2D eigenvalue weighted by Crippen LogP contribution is 2.27. The molecule has 1 fully saturated rings. The molecule has 2 heterocycles. The Bertz CT molecular complexity index is 870. The summed E-state index contributed by atoms with van der Waals surface area (Å²) >= 11 is 0. The summed E-state index contributed by atoms with van der Waals surface area (Å²) in [6, 6.07) is 17.9. The van der Waals surface area contributed by atoms with Crippen molar-refractivity contribution >= 4 is 16.7 Å². The summed E-state index contributed by atoms with van der Waals surface area (Å²) in [6.45, 7) is 6.97. The second-order valence-corrected chi connectivity index (χ2v) is 6.84. The summed E-state index contributed by atoms with van der Waals surface area (Å²) in [5.41, 5.74) is 4.72. The summed E-state index contributed by atoms with van der Waals surface area (Å²) < 4.78 is 13.5. The first-order valence-electron chi connectivity index (χ1n) is 9.85. The molecule has 1 aliphatic rings. The third-order valence-electron chi connectivity index (χ3n) is 5.04. The van der Waals surface area contributed by atoms with E-state index in [0.717, 1.165) is 62.7 Å². The van der Waals surface area contributed by atoms with Crippen LogP contribution in [0.5, 0.6) is 6.01 Å². The highest BCUT2D eigenvalue weighted by molar-refractivity contribution is 5.81. The van der Waals surface area contributed by atoms with Crippen LogP contribution in [-0.2, 0) is 17.7 Å². The number of morpholine rings is 1. The molecule has 0 aliphatic carbocycles. The molecule has 0 N–H and O–H groups in total. The minimum Gasteiger partial charge on any atom is -0.465 e. The van der Waals surface area contributed by atoms with E-state index in [1.807, 2.05) is 6.92 Å². The van der Waals surface area contributed by atoms with Crippen LogP contribution in [0.1, 0.15) is 18.9 Å². The number of ether oxygens (including phenoxy) is 2. The average molecular weight is 365 g/mol. The maximum Gasteiger partial charge on any atom is 0.297 e. The number of aryl methyl sites for hydroxylation is 2. The molecule has 2 aromatic carbocycles. The van der Waals surface area contributed by atoms with E-state index < -0.39 is 0 Å². The van der Waals surface area contributed by atoms with Crippen molar-refractivity contribution < 1.29 is 9.47 Å². The quantitative estimate of drug-likeness (QED) is 0.636. The van der Waals surface area contributed by atoms with Gasteiger partial charge in [0.1, 0.15) is 0 Å². The Balaban J connectivity index is 1.55. The number of anilines is 1. The molecule has 142 valence electrons. The number of fused-ring (bicyclic) bond motifs is 1. The van der Waals surface area contributed by atoms with Gasteiger partial charge in [-0.15, -0.1) is 0 Å². The topological polar surface area (TPSA) is 39.5 Å². The van der Waals surface area contributed by atoms with Gasteiger partial charge >= 0.3 is 0 Å². The van der Waals surface area contributed by atoms with Gasteiger partial charge < -0.3 is 14.4 Å². The number of benzene rings is 2. The predicted octanol–water partition coefficient (Wildman–Crippen LogP) is 3.90. The molecule has 4 rings (SSSR count). The maximum absolute atomic E-state index is 5.83. The minimum atomic E-state index is 0.623. The molecule has 0 spiro atoms. The van der Waals surface area contributed by atoms with Crippen molar-refractivity contribution in [2.24, 2.45) is 0 Å². The normalized spacial score (nSPS) is 14.6. The van der Waals surface area contributed by atoms with Crippen LogP contribution in [0.2, 0.25) is 0 Å². The van der Waals surface area contributed by atoms with Crippen molar-refractivity contribution in [3.8, 4) is 6.01 Å². The van der Waals surface area contributed by atoms with Gasteiger partial charge in [-0.05, 0) is 43.5 Å². The van der Waals surface area contributed by atoms with E-state index >= 15 is 0 Å². The second kappa shape index (κ2) is 8.44. The van der Waals surface area contributed by atoms with Gasteiger partial charge in [-0.1, -0.05) is 30.3 Å². The Morgan fingerprint density at radius 2 is 1.89 bits per heavy atom. The number of imidazole rings is 1. The Morgan fingerprint density at radius 1 is 1.07 bits per heavy atom. The van der Waals surface area contributed by atoms with Gasteiger partial charge in [0.2, 0.25) is 0 Å². The molecule has 0 unspecified atom stereocenters. The largest absolute Gasteiger partial charge is 0.465 e. The lowest BCUT2D eigenvalue weighted by atomic mass is 10.1. The van der Waals surface area contributed by atoms with Gasteiger partial charge in [-0.2, -0.15) is 4.98 Å². The third kappa shape index (κ3) is 4.08. The van der Waals surface area contributed by atoms with Crippen molar-refractivity contribution in [3.63, 3.8) is 0 Å². The van der Waals surface area contributed by atoms with Crippen LogP contribution < -0.4 is 9.64 Å². The van der Waals surface area contributed by atoms with E-state index in [9.17, 15) is 0 Å². The zero-order chi connectivity index (χ0) is 18.5. The van der Waals surface area contributed by atoms with Crippen molar-refractivity contribution in [2.45, 2.75) is 26.3 Å². The SMILES string of the molecule is CCOc1nc2cc(N3CCOCC3)ccc2n1CCCc1ccccc1. The van der Waals surface area contributed by atoms with Crippen LogP contribution >= 0.6 is 0 Å². The van der Waals surface area contributed by atoms with Crippen molar-refractivity contribution in [1.29, 1.82) is 0 Å². The highest BCUT2D eigenvalue weighted by atomic mass is 16.5. The van der Waals surface area contributed by atoms with Crippen LogP contribution in [-0.4, -0.2) is 42.5 Å². The number of rotatable bonds is 7. The molecule has 0 radical (unpaired) electrons. The summed E-state index contributed by atoms with van der Waals surface area (Å²) in [6.07, 6.45) is 2.11. The molecule has 0 atom stereocenters. The smallest absolute Gasteiger partial charge is 0.297 e. The van der Waals surface area contributed by atoms with Gasteiger partial charge in [0.25, 0.3) is 6.01 Å². The van der Waals surface area contributed by atoms with E-state index in [0.29, 0.717) is 6.61 Å². The molecule has 3 aromatic rings.